The Balaban J connectivity index is 1.46. The highest BCUT2D eigenvalue weighted by atomic mass is 35.5. The molecule has 0 spiro atoms. The SMILES string of the molecule is CC[C@H](Oc1ccccc1Cl)C(=O)Nc1ccc(S(=O)(=O)Nc2cccc3ccccc23)cc1. The number of anilines is 2. The first-order chi connectivity index (χ1) is 16.4. The molecule has 0 aliphatic rings. The number of sulfonamides is 1. The van der Waals surface area contributed by atoms with Crippen LogP contribution in [0.4, 0.5) is 11.4 Å². The van der Waals surface area contributed by atoms with Gasteiger partial charge in [0.1, 0.15) is 5.75 Å². The van der Waals surface area contributed by atoms with Crippen LogP contribution in [0.2, 0.25) is 5.02 Å². The van der Waals surface area contributed by atoms with E-state index >= 15 is 0 Å². The first-order valence-electron chi connectivity index (χ1n) is 10.7. The molecule has 0 saturated carbocycles. The van der Waals surface area contributed by atoms with Crippen LogP contribution in [0.3, 0.4) is 0 Å². The lowest BCUT2D eigenvalue weighted by Crippen LogP contribution is -2.32. The van der Waals surface area contributed by atoms with Crippen molar-refractivity contribution < 1.29 is 17.9 Å². The highest BCUT2D eigenvalue weighted by Crippen LogP contribution is 2.27. The zero-order valence-corrected chi connectivity index (χ0v) is 19.9. The minimum absolute atomic E-state index is 0.0813. The summed E-state index contributed by atoms with van der Waals surface area (Å²) >= 11 is 6.12. The van der Waals surface area contributed by atoms with E-state index in [1.165, 1.54) is 24.3 Å². The Morgan fingerprint density at radius 1 is 0.912 bits per heavy atom. The standard InChI is InChI=1S/C26H23ClN2O4S/c1-2-24(33-25-13-6-5-11-22(25)27)26(30)28-19-14-16-20(17-15-19)34(31,32)29-23-12-7-9-18-8-3-4-10-21(18)23/h3-17,24,29H,2H2,1H3,(H,28,30)/t24-/m0/s1. The fourth-order valence-electron chi connectivity index (χ4n) is 3.47. The molecule has 1 amide bonds. The highest BCUT2D eigenvalue weighted by Gasteiger charge is 2.20. The summed E-state index contributed by atoms with van der Waals surface area (Å²) in [6.07, 6.45) is -0.324. The number of rotatable bonds is 8. The molecule has 8 heteroatoms. The Morgan fingerprint density at radius 3 is 2.32 bits per heavy atom. The number of hydrogen-bond acceptors (Lipinski definition) is 4. The summed E-state index contributed by atoms with van der Waals surface area (Å²) < 4.78 is 34.3. The van der Waals surface area contributed by atoms with Gasteiger partial charge in [-0.1, -0.05) is 67.1 Å². The predicted molar refractivity (Wildman–Crippen MR) is 136 cm³/mol. The van der Waals surface area contributed by atoms with Gasteiger partial charge in [0.25, 0.3) is 15.9 Å². The molecule has 0 bridgehead atoms. The normalized spacial score (nSPS) is 12.2. The van der Waals surface area contributed by atoms with Gasteiger partial charge in [0, 0.05) is 11.1 Å². The van der Waals surface area contributed by atoms with Gasteiger partial charge in [0.2, 0.25) is 0 Å². The number of nitrogens with one attached hydrogen (secondary N) is 2. The van der Waals surface area contributed by atoms with Crippen molar-refractivity contribution in [3.63, 3.8) is 0 Å². The van der Waals surface area contributed by atoms with E-state index in [0.29, 0.717) is 28.6 Å². The Morgan fingerprint density at radius 2 is 1.59 bits per heavy atom. The zero-order chi connectivity index (χ0) is 24.1. The topological polar surface area (TPSA) is 84.5 Å². The average molecular weight is 495 g/mol. The lowest BCUT2D eigenvalue weighted by Gasteiger charge is -2.18. The van der Waals surface area contributed by atoms with Crippen LogP contribution in [0.1, 0.15) is 13.3 Å². The van der Waals surface area contributed by atoms with Crippen LogP contribution in [0.25, 0.3) is 10.8 Å². The van der Waals surface area contributed by atoms with Crippen molar-refractivity contribution in [3.8, 4) is 5.75 Å². The first kappa shape index (κ1) is 23.6. The van der Waals surface area contributed by atoms with Crippen molar-refractivity contribution in [2.75, 3.05) is 10.0 Å². The third-order valence-electron chi connectivity index (χ3n) is 5.24. The second-order valence-electron chi connectivity index (χ2n) is 7.59. The summed E-state index contributed by atoms with van der Waals surface area (Å²) in [7, 11) is -3.82. The maximum atomic E-state index is 12.9. The third-order valence-corrected chi connectivity index (χ3v) is 6.93. The molecule has 0 radical (unpaired) electrons. The Kier molecular flexibility index (Phi) is 7.05. The summed E-state index contributed by atoms with van der Waals surface area (Å²) in [4.78, 5) is 12.8. The monoisotopic (exact) mass is 494 g/mol. The van der Waals surface area contributed by atoms with E-state index in [9.17, 15) is 13.2 Å². The van der Waals surface area contributed by atoms with Crippen LogP contribution in [0, 0.1) is 0 Å². The van der Waals surface area contributed by atoms with Gasteiger partial charge in [0.05, 0.1) is 15.6 Å². The molecule has 0 saturated heterocycles. The van der Waals surface area contributed by atoms with E-state index in [0.717, 1.165) is 10.8 Å². The number of ether oxygens (including phenoxy) is 1. The molecule has 0 aromatic heterocycles. The first-order valence-corrected chi connectivity index (χ1v) is 12.6. The van der Waals surface area contributed by atoms with Crippen LogP contribution in [-0.4, -0.2) is 20.4 Å². The van der Waals surface area contributed by atoms with Gasteiger partial charge in [0.15, 0.2) is 6.10 Å². The van der Waals surface area contributed by atoms with Crippen molar-refractivity contribution in [2.24, 2.45) is 0 Å². The summed E-state index contributed by atoms with van der Waals surface area (Å²) in [6, 6.07) is 25.9. The summed E-state index contributed by atoms with van der Waals surface area (Å²) in [5.74, 6) is 0.0685. The van der Waals surface area contributed by atoms with Crippen molar-refractivity contribution in [3.05, 3.63) is 96.0 Å². The largest absolute Gasteiger partial charge is 0.479 e. The molecule has 4 aromatic rings. The maximum absolute atomic E-state index is 12.9. The van der Waals surface area contributed by atoms with Gasteiger partial charge in [-0.25, -0.2) is 8.42 Å². The summed E-state index contributed by atoms with van der Waals surface area (Å²) in [6.45, 7) is 1.83. The number of para-hydroxylation sites is 1. The number of amides is 1. The van der Waals surface area contributed by atoms with Crippen LogP contribution in [0.15, 0.2) is 95.9 Å². The van der Waals surface area contributed by atoms with E-state index in [1.54, 1.807) is 36.4 Å². The smallest absolute Gasteiger partial charge is 0.265 e. The summed E-state index contributed by atoms with van der Waals surface area (Å²) in [5, 5.41) is 4.92. The lowest BCUT2D eigenvalue weighted by atomic mass is 10.1. The van der Waals surface area contributed by atoms with E-state index in [4.69, 9.17) is 16.3 Å². The number of benzene rings is 4. The molecule has 0 fully saturated rings. The fraction of sp³-hybridized carbons (Fsp3) is 0.115. The van der Waals surface area contributed by atoms with Crippen molar-refractivity contribution in [1.82, 2.24) is 0 Å². The minimum Gasteiger partial charge on any atom is -0.479 e. The van der Waals surface area contributed by atoms with Crippen molar-refractivity contribution >= 4 is 49.7 Å². The average Bonchev–Trinajstić information content (AvgIpc) is 2.84. The Bertz CT molecular complexity index is 1420. The molecule has 174 valence electrons. The van der Waals surface area contributed by atoms with Crippen molar-refractivity contribution in [1.29, 1.82) is 0 Å². The molecule has 4 rings (SSSR count). The molecule has 0 unspecified atom stereocenters. The molecule has 0 aliphatic carbocycles. The van der Waals surface area contributed by atoms with Gasteiger partial charge in [-0.15, -0.1) is 0 Å². The number of carbonyl (C=O) groups excluding carboxylic acids is 1. The van der Waals surface area contributed by atoms with Gasteiger partial charge in [-0.3, -0.25) is 9.52 Å². The maximum Gasteiger partial charge on any atom is 0.265 e. The molecule has 0 aliphatic heterocycles. The van der Waals surface area contributed by atoms with E-state index < -0.39 is 16.1 Å². The summed E-state index contributed by atoms with van der Waals surface area (Å²) in [5.41, 5.74) is 0.952. The molecule has 4 aromatic carbocycles. The molecule has 2 N–H and O–H groups in total. The van der Waals surface area contributed by atoms with E-state index in [1.807, 2.05) is 37.3 Å². The van der Waals surface area contributed by atoms with Crippen LogP contribution < -0.4 is 14.8 Å². The molecular weight excluding hydrogens is 472 g/mol. The van der Waals surface area contributed by atoms with Gasteiger partial charge in [-0.2, -0.15) is 0 Å². The molecule has 6 nitrogen and oxygen atoms in total. The number of hydrogen-bond donors (Lipinski definition) is 2. The molecular formula is C26H23ClN2O4S. The third kappa shape index (κ3) is 5.32. The molecule has 34 heavy (non-hydrogen) atoms. The number of halogens is 1. The lowest BCUT2D eigenvalue weighted by molar-refractivity contribution is -0.122. The van der Waals surface area contributed by atoms with E-state index in [2.05, 4.69) is 10.0 Å². The minimum atomic E-state index is -3.82. The van der Waals surface area contributed by atoms with Crippen LogP contribution in [-0.2, 0) is 14.8 Å². The second-order valence-corrected chi connectivity index (χ2v) is 9.68. The Hall–Kier alpha value is -3.55. The van der Waals surface area contributed by atoms with Gasteiger partial charge >= 0.3 is 0 Å². The van der Waals surface area contributed by atoms with E-state index in [-0.39, 0.29) is 10.8 Å². The number of fused-ring (bicyclic) bond motifs is 1. The van der Waals surface area contributed by atoms with Crippen LogP contribution >= 0.6 is 11.6 Å². The molecule has 1 atom stereocenters. The Labute approximate surface area is 203 Å². The van der Waals surface area contributed by atoms with Gasteiger partial charge in [-0.05, 0) is 54.3 Å². The quantitative estimate of drug-likeness (QED) is 0.310. The highest BCUT2D eigenvalue weighted by molar-refractivity contribution is 7.92. The predicted octanol–water partition coefficient (Wildman–Crippen LogP) is 6.09. The fourth-order valence-corrected chi connectivity index (χ4v) is 4.73. The zero-order valence-electron chi connectivity index (χ0n) is 18.4. The van der Waals surface area contributed by atoms with Crippen molar-refractivity contribution in [2.45, 2.75) is 24.3 Å². The second kappa shape index (κ2) is 10.2. The van der Waals surface area contributed by atoms with Gasteiger partial charge < -0.3 is 10.1 Å². The molecule has 0 heterocycles. The van der Waals surface area contributed by atoms with Crippen LogP contribution in [0.5, 0.6) is 5.75 Å². The number of carbonyl (C=O) groups is 1.